The number of anilines is 1. The van der Waals surface area contributed by atoms with E-state index in [-0.39, 0.29) is 12.4 Å². The molecular formula is C19H26FN3O3. The molecule has 0 radical (unpaired) electrons. The van der Waals surface area contributed by atoms with E-state index in [1.54, 1.807) is 33.8 Å². The Morgan fingerprint density at radius 1 is 1.38 bits per heavy atom. The molecule has 0 saturated carbocycles. The third-order valence-corrected chi connectivity index (χ3v) is 3.81. The fourth-order valence-electron chi connectivity index (χ4n) is 2.58. The lowest BCUT2D eigenvalue weighted by Gasteiger charge is -2.23. The highest BCUT2D eigenvalue weighted by molar-refractivity contribution is 5.85. The van der Waals surface area contributed by atoms with E-state index in [0.29, 0.717) is 23.4 Å². The van der Waals surface area contributed by atoms with Gasteiger partial charge in [-0.3, -0.25) is 0 Å². The number of halogens is 1. The van der Waals surface area contributed by atoms with Gasteiger partial charge in [-0.05, 0) is 52.8 Å². The van der Waals surface area contributed by atoms with Crippen LogP contribution in [0.1, 0.15) is 44.9 Å². The summed E-state index contributed by atoms with van der Waals surface area (Å²) >= 11 is 0. The van der Waals surface area contributed by atoms with Crippen molar-refractivity contribution in [2.75, 3.05) is 18.5 Å². The average Bonchev–Trinajstić information content (AvgIpc) is 2.54. The van der Waals surface area contributed by atoms with E-state index in [1.165, 1.54) is 6.07 Å². The first-order chi connectivity index (χ1) is 12.1. The average molecular weight is 363 g/mol. The van der Waals surface area contributed by atoms with Crippen LogP contribution >= 0.6 is 0 Å². The standard InChI is InChI=1S/C19H26FN3O3/c1-11-15(20)7-6-13-10-14(17(21-8-9-24)23-16(11)13)12(2)22-18(25)26-19(3,4)5/h6-7,10,12,24H,8-9H2,1-5H3,(H,21,23)(H,22,25)/t12-/m0/s1. The molecule has 3 N–H and O–H groups in total. The maximum atomic E-state index is 13.8. The van der Waals surface area contributed by atoms with Gasteiger partial charge in [-0.15, -0.1) is 0 Å². The maximum Gasteiger partial charge on any atom is 0.408 e. The van der Waals surface area contributed by atoms with E-state index in [0.717, 1.165) is 10.9 Å². The van der Waals surface area contributed by atoms with E-state index in [4.69, 9.17) is 9.84 Å². The second-order valence-electron chi connectivity index (χ2n) is 7.19. The van der Waals surface area contributed by atoms with Crippen molar-refractivity contribution in [2.45, 2.75) is 46.3 Å². The van der Waals surface area contributed by atoms with Crippen molar-refractivity contribution in [1.82, 2.24) is 10.3 Å². The van der Waals surface area contributed by atoms with E-state index < -0.39 is 17.7 Å². The molecule has 1 aromatic heterocycles. The minimum Gasteiger partial charge on any atom is -0.444 e. The topological polar surface area (TPSA) is 83.5 Å². The van der Waals surface area contributed by atoms with Crippen LogP contribution in [0.3, 0.4) is 0 Å². The van der Waals surface area contributed by atoms with Gasteiger partial charge in [-0.1, -0.05) is 0 Å². The number of aliphatic hydroxyl groups is 1. The van der Waals surface area contributed by atoms with Crippen molar-refractivity contribution in [3.05, 3.63) is 35.1 Å². The number of aromatic nitrogens is 1. The van der Waals surface area contributed by atoms with Gasteiger partial charge in [0.1, 0.15) is 17.2 Å². The van der Waals surface area contributed by atoms with Gasteiger partial charge in [0.15, 0.2) is 0 Å². The summed E-state index contributed by atoms with van der Waals surface area (Å²) in [7, 11) is 0. The Kier molecular flexibility index (Phi) is 6.02. The van der Waals surface area contributed by atoms with Crippen molar-refractivity contribution in [3.8, 4) is 0 Å². The summed E-state index contributed by atoms with van der Waals surface area (Å²) in [5, 5.41) is 15.7. The molecule has 1 aromatic carbocycles. The Bertz CT molecular complexity index is 803. The highest BCUT2D eigenvalue weighted by Crippen LogP contribution is 2.28. The molecule has 0 aliphatic carbocycles. The number of carbonyl (C=O) groups is 1. The summed E-state index contributed by atoms with van der Waals surface area (Å²) < 4.78 is 19.1. The number of aryl methyl sites for hydroxylation is 1. The summed E-state index contributed by atoms with van der Waals surface area (Å²) in [6.45, 7) is 9.07. The van der Waals surface area contributed by atoms with Gasteiger partial charge in [0.25, 0.3) is 0 Å². The van der Waals surface area contributed by atoms with Gasteiger partial charge >= 0.3 is 6.09 Å². The lowest BCUT2D eigenvalue weighted by atomic mass is 10.0. The lowest BCUT2D eigenvalue weighted by molar-refractivity contribution is 0.0508. The van der Waals surface area contributed by atoms with Crippen molar-refractivity contribution < 1.29 is 19.0 Å². The monoisotopic (exact) mass is 363 g/mol. The van der Waals surface area contributed by atoms with E-state index >= 15 is 0 Å². The number of benzene rings is 1. The molecule has 1 heterocycles. The van der Waals surface area contributed by atoms with Gasteiger partial charge in [-0.2, -0.15) is 0 Å². The van der Waals surface area contributed by atoms with Crippen molar-refractivity contribution >= 4 is 22.8 Å². The molecule has 26 heavy (non-hydrogen) atoms. The number of nitrogens with zero attached hydrogens (tertiary/aromatic N) is 1. The Morgan fingerprint density at radius 3 is 2.69 bits per heavy atom. The number of hydrogen-bond donors (Lipinski definition) is 3. The molecule has 6 nitrogen and oxygen atoms in total. The van der Waals surface area contributed by atoms with Crippen LogP contribution in [-0.4, -0.2) is 34.9 Å². The third-order valence-electron chi connectivity index (χ3n) is 3.81. The predicted octanol–water partition coefficient (Wildman–Crippen LogP) is 3.67. The molecule has 1 amide bonds. The van der Waals surface area contributed by atoms with Crippen LogP contribution in [-0.2, 0) is 4.74 Å². The zero-order valence-electron chi connectivity index (χ0n) is 15.8. The highest BCUT2D eigenvalue weighted by Gasteiger charge is 2.21. The minimum absolute atomic E-state index is 0.0742. The molecule has 7 heteroatoms. The van der Waals surface area contributed by atoms with Crippen LogP contribution in [0, 0.1) is 12.7 Å². The zero-order valence-corrected chi connectivity index (χ0v) is 15.8. The summed E-state index contributed by atoms with van der Waals surface area (Å²) in [6.07, 6.45) is -0.534. The Balaban J connectivity index is 2.40. The SMILES string of the molecule is Cc1c(F)ccc2cc([C@H](C)NC(=O)OC(C)(C)C)c(NCCO)nc12. The number of aliphatic hydroxyl groups excluding tert-OH is 1. The molecule has 0 spiro atoms. The third kappa shape index (κ3) is 4.82. The number of pyridine rings is 1. The second-order valence-corrected chi connectivity index (χ2v) is 7.19. The Hall–Kier alpha value is -2.41. The normalized spacial score (nSPS) is 12.7. The van der Waals surface area contributed by atoms with Crippen LogP contribution < -0.4 is 10.6 Å². The first-order valence-corrected chi connectivity index (χ1v) is 8.56. The minimum atomic E-state index is -0.599. The Morgan fingerprint density at radius 2 is 2.08 bits per heavy atom. The van der Waals surface area contributed by atoms with Gasteiger partial charge < -0.3 is 20.5 Å². The summed E-state index contributed by atoms with van der Waals surface area (Å²) in [4.78, 5) is 16.6. The lowest BCUT2D eigenvalue weighted by Crippen LogP contribution is -2.34. The molecule has 0 unspecified atom stereocenters. The quantitative estimate of drug-likeness (QED) is 0.755. The van der Waals surface area contributed by atoms with Crippen LogP contribution in [0.15, 0.2) is 18.2 Å². The van der Waals surface area contributed by atoms with Gasteiger partial charge in [-0.25, -0.2) is 14.2 Å². The molecule has 0 saturated heterocycles. The summed E-state index contributed by atoms with van der Waals surface area (Å²) in [6, 6.07) is 4.52. The van der Waals surface area contributed by atoms with Gasteiger partial charge in [0.05, 0.1) is 18.2 Å². The zero-order chi connectivity index (χ0) is 19.5. The number of carbonyl (C=O) groups excluding carboxylic acids is 1. The number of fused-ring (bicyclic) bond motifs is 1. The number of ether oxygens (including phenoxy) is 1. The molecular weight excluding hydrogens is 337 g/mol. The number of amides is 1. The smallest absolute Gasteiger partial charge is 0.408 e. The molecule has 2 rings (SSSR count). The van der Waals surface area contributed by atoms with Crippen LogP contribution in [0.2, 0.25) is 0 Å². The molecule has 2 aromatic rings. The van der Waals surface area contributed by atoms with E-state index in [1.807, 2.05) is 13.0 Å². The second kappa shape index (κ2) is 7.86. The van der Waals surface area contributed by atoms with Gasteiger partial charge in [0.2, 0.25) is 0 Å². The van der Waals surface area contributed by atoms with Crippen LogP contribution in [0.4, 0.5) is 15.0 Å². The van der Waals surface area contributed by atoms with Crippen molar-refractivity contribution in [3.63, 3.8) is 0 Å². The fraction of sp³-hybridized carbons (Fsp3) is 0.474. The predicted molar refractivity (Wildman–Crippen MR) is 99.8 cm³/mol. The van der Waals surface area contributed by atoms with E-state index in [2.05, 4.69) is 15.6 Å². The number of hydrogen-bond acceptors (Lipinski definition) is 5. The first kappa shape index (κ1) is 19.9. The van der Waals surface area contributed by atoms with Crippen molar-refractivity contribution in [2.24, 2.45) is 0 Å². The molecule has 0 aliphatic heterocycles. The molecule has 0 fully saturated rings. The van der Waals surface area contributed by atoms with Crippen LogP contribution in [0.25, 0.3) is 10.9 Å². The van der Waals surface area contributed by atoms with E-state index in [9.17, 15) is 9.18 Å². The van der Waals surface area contributed by atoms with Crippen molar-refractivity contribution in [1.29, 1.82) is 0 Å². The Labute approximate surface area is 152 Å². The molecule has 142 valence electrons. The highest BCUT2D eigenvalue weighted by atomic mass is 19.1. The summed E-state index contributed by atoms with van der Waals surface area (Å²) in [5.41, 5.74) is 1.12. The molecule has 0 bridgehead atoms. The maximum absolute atomic E-state index is 13.8. The van der Waals surface area contributed by atoms with Gasteiger partial charge in [0, 0.05) is 23.1 Å². The first-order valence-electron chi connectivity index (χ1n) is 8.56. The van der Waals surface area contributed by atoms with Crippen LogP contribution in [0.5, 0.6) is 0 Å². The molecule has 0 aliphatic rings. The fourth-order valence-corrected chi connectivity index (χ4v) is 2.58. The summed E-state index contributed by atoms with van der Waals surface area (Å²) in [5.74, 6) is 0.162. The molecule has 1 atom stereocenters. The number of nitrogens with one attached hydrogen (secondary N) is 2. The largest absolute Gasteiger partial charge is 0.444 e. The number of rotatable bonds is 5. The number of alkyl carbamates (subject to hydrolysis) is 1.